The first-order valence-electron chi connectivity index (χ1n) is 12.2. The fourth-order valence-electron chi connectivity index (χ4n) is 4.79. The molecule has 2 aliphatic rings. The zero-order valence-corrected chi connectivity index (χ0v) is 20.6. The molecule has 2 aromatic heterocycles. The smallest absolute Gasteiger partial charge is 0.341 e. The predicted molar refractivity (Wildman–Crippen MR) is 135 cm³/mol. The molecular formula is C25H26FN5O7. The summed E-state index contributed by atoms with van der Waals surface area (Å²) >= 11 is 0. The maximum Gasteiger partial charge on any atom is 0.341 e. The number of anilines is 1. The van der Waals surface area contributed by atoms with E-state index in [1.165, 1.54) is 31.6 Å². The largest absolute Gasteiger partial charge is 0.492 e. The summed E-state index contributed by atoms with van der Waals surface area (Å²) < 4.78 is 28.4. The number of piperazine rings is 1. The number of carboxylic acids is 1. The molecule has 200 valence electrons. The fourth-order valence-corrected chi connectivity index (χ4v) is 4.79. The molecule has 0 amide bonds. The Morgan fingerprint density at radius 2 is 2.00 bits per heavy atom. The third-order valence-corrected chi connectivity index (χ3v) is 6.85. The highest BCUT2D eigenvalue weighted by molar-refractivity contribution is 5.97. The Morgan fingerprint density at radius 3 is 2.63 bits per heavy atom. The van der Waals surface area contributed by atoms with Crippen molar-refractivity contribution in [3.63, 3.8) is 0 Å². The minimum absolute atomic E-state index is 0.0135. The Labute approximate surface area is 216 Å². The molecule has 0 bridgehead atoms. The highest BCUT2D eigenvalue weighted by Gasteiger charge is 2.32. The number of carbonyl (C=O) groups is 1. The van der Waals surface area contributed by atoms with Crippen LogP contribution in [0.15, 0.2) is 35.4 Å². The Hall–Kier alpha value is -4.26. The maximum atomic E-state index is 15.5. The lowest BCUT2D eigenvalue weighted by atomic mass is 10.1. The number of aromatic carboxylic acids is 1. The average Bonchev–Trinajstić information content (AvgIpc) is 3.74. The molecule has 1 aromatic carbocycles. The molecule has 1 aliphatic carbocycles. The van der Waals surface area contributed by atoms with E-state index in [1.54, 1.807) is 4.57 Å². The van der Waals surface area contributed by atoms with Gasteiger partial charge in [-0.2, -0.15) is 0 Å². The van der Waals surface area contributed by atoms with E-state index in [4.69, 9.17) is 9.47 Å². The van der Waals surface area contributed by atoms with Crippen molar-refractivity contribution < 1.29 is 28.7 Å². The Morgan fingerprint density at radius 1 is 1.26 bits per heavy atom. The molecule has 2 fully saturated rings. The van der Waals surface area contributed by atoms with Crippen LogP contribution in [0.3, 0.4) is 0 Å². The Kier molecular flexibility index (Phi) is 6.85. The molecule has 1 saturated carbocycles. The minimum atomic E-state index is -1.35. The van der Waals surface area contributed by atoms with Crippen LogP contribution in [0.25, 0.3) is 10.9 Å². The van der Waals surface area contributed by atoms with Crippen LogP contribution < -0.4 is 19.8 Å². The van der Waals surface area contributed by atoms with E-state index in [2.05, 4.69) is 9.88 Å². The zero-order chi connectivity index (χ0) is 27.0. The second-order valence-electron chi connectivity index (χ2n) is 9.24. The van der Waals surface area contributed by atoms with Crippen molar-refractivity contribution in [2.45, 2.75) is 18.9 Å². The third kappa shape index (κ3) is 4.84. The first kappa shape index (κ1) is 25.4. The van der Waals surface area contributed by atoms with Crippen LogP contribution in [-0.2, 0) is 0 Å². The van der Waals surface area contributed by atoms with E-state index in [0.717, 1.165) is 18.9 Å². The van der Waals surface area contributed by atoms with Crippen LogP contribution in [0.2, 0.25) is 0 Å². The summed E-state index contributed by atoms with van der Waals surface area (Å²) in [5, 5.41) is 20.4. The summed E-state index contributed by atoms with van der Waals surface area (Å²) in [4.78, 5) is 42.9. The van der Waals surface area contributed by atoms with E-state index in [1.807, 2.05) is 4.90 Å². The van der Waals surface area contributed by atoms with Gasteiger partial charge in [-0.15, -0.1) is 0 Å². The van der Waals surface area contributed by atoms with Crippen molar-refractivity contribution in [2.24, 2.45) is 0 Å². The van der Waals surface area contributed by atoms with Gasteiger partial charge in [-0.05, 0) is 18.9 Å². The number of hydrogen-bond donors (Lipinski definition) is 1. The highest BCUT2D eigenvalue weighted by Crippen LogP contribution is 2.43. The molecule has 5 rings (SSSR count). The third-order valence-electron chi connectivity index (χ3n) is 6.85. The van der Waals surface area contributed by atoms with E-state index in [-0.39, 0.29) is 41.0 Å². The molecule has 3 heterocycles. The first-order valence-corrected chi connectivity index (χ1v) is 12.2. The number of benzene rings is 1. The monoisotopic (exact) mass is 527 g/mol. The summed E-state index contributed by atoms with van der Waals surface area (Å²) in [5.41, 5.74) is -0.581. The minimum Gasteiger partial charge on any atom is -0.492 e. The van der Waals surface area contributed by atoms with Crippen LogP contribution in [0, 0.1) is 15.9 Å². The second-order valence-corrected chi connectivity index (χ2v) is 9.24. The number of rotatable bonds is 9. The van der Waals surface area contributed by atoms with Gasteiger partial charge in [0.2, 0.25) is 11.3 Å². The lowest BCUT2D eigenvalue weighted by Crippen LogP contribution is -2.48. The van der Waals surface area contributed by atoms with Crippen LogP contribution in [0.1, 0.15) is 29.2 Å². The van der Waals surface area contributed by atoms with E-state index in [0.29, 0.717) is 38.2 Å². The van der Waals surface area contributed by atoms with E-state index >= 15 is 4.39 Å². The van der Waals surface area contributed by atoms with Crippen molar-refractivity contribution in [3.05, 3.63) is 62.3 Å². The number of fused-ring (bicyclic) bond motifs is 1. The van der Waals surface area contributed by atoms with Gasteiger partial charge in [0, 0.05) is 57.2 Å². The number of ether oxygens (including phenoxy) is 2. The average molecular weight is 528 g/mol. The molecular weight excluding hydrogens is 501 g/mol. The quantitative estimate of drug-likeness (QED) is 0.326. The second kappa shape index (κ2) is 10.2. The standard InChI is InChI=1S/C25H26FN5O7/c1-37-24-21-17(23(32)18(25(33)34)14-30(21)15-2-3-15)13-19(26)22(24)29-8-6-28(7-9-29)10-11-38-20-12-16(31(35)36)4-5-27-20/h4-5,12-15H,2-3,6-11H2,1H3,(H,33,34). The van der Waals surface area contributed by atoms with E-state index < -0.39 is 27.7 Å². The lowest BCUT2D eigenvalue weighted by molar-refractivity contribution is -0.385. The molecule has 1 saturated heterocycles. The van der Waals surface area contributed by atoms with Crippen LogP contribution in [-0.4, -0.2) is 76.9 Å². The first-order chi connectivity index (χ1) is 18.3. The Bertz CT molecular complexity index is 1460. The molecule has 12 nitrogen and oxygen atoms in total. The number of nitrogens with zero attached hydrogens (tertiary/aromatic N) is 5. The Balaban J connectivity index is 1.33. The summed E-state index contributed by atoms with van der Waals surface area (Å²) in [6.07, 6.45) is 4.32. The van der Waals surface area contributed by atoms with E-state index in [9.17, 15) is 24.8 Å². The van der Waals surface area contributed by atoms with Crippen molar-refractivity contribution >= 4 is 28.2 Å². The molecule has 0 atom stereocenters. The molecule has 0 unspecified atom stereocenters. The molecule has 13 heteroatoms. The number of hydrogen-bond acceptors (Lipinski definition) is 9. The number of carboxylic acid groups (broad SMARTS) is 1. The molecule has 3 aromatic rings. The SMILES string of the molecule is COc1c(N2CCN(CCOc3cc([N+](=O)[O-])ccn3)CC2)c(F)cc2c(=O)c(C(=O)O)cn(C3CC3)c12. The van der Waals surface area contributed by atoms with Crippen molar-refractivity contribution in [1.29, 1.82) is 0 Å². The molecule has 38 heavy (non-hydrogen) atoms. The maximum absolute atomic E-state index is 15.5. The predicted octanol–water partition coefficient (Wildman–Crippen LogP) is 2.69. The number of nitro groups is 1. The molecule has 0 radical (unpaired) electrons. The van der Waals surface area contributed by atoms with Crippen LogP contribution in [0.4, 0.5) is 15.8 Å². The zero-order valence-electron chi connectivity index (χ0n) is 20.6. The molecule has 0 spiro atoms. The summed E-state index contributed by atoms with van der Waals surface area (Å²) in [6.45, 7) is 2.99. The summed E-state index contributed by atoms with van der Waals surface area (Å²) in [6, 6.07) is 3.71. The topological polar surface area (TPSA) is 140 Å². The van der Waals surface area contributed by atoms with Gasteiger partial charge in [-0.1, -0.05) is 0 Å². The van der Waals surface area contributed by atoms with Crippen molar-refractivity contribution in [3.8, 4) is 11.6 Å². The van der Waals surface area contributed by atoms with Gasteiger partial charge in [-0.3, -0.25) is 19.8 Å². The van der Waals surface area contributed by atoms with Gasteiger partial charge < -0.3 is 24.0 Å². The molecule has 1 N–H and O–H groups in total. The number of methoxy groups -OCH3 is 1. The van der Waals surface area contributed by atoms with Gasteiger partial charge in [0.05, 0.1) is 29.0 Å². The van der Waals surface area contributed by atoms with Crippen LogP contribution >= 0.6 is 0 Å². The van der Waals surface area contributed by atoms with Gasteiger partial charge in [0.1, 0.15) is 17.9 Å². The molecule has 1 aliphatic heterocycles. The lowest BCUT2D eigenvalue weighted by Gasteiger charge is -2.37. The van der Waals surface area contributed by atoms with Gasteiger partial charge >= 0.3 is 5.97 Å². The summed E-state index contributed by atoms with van der Waals surface area (Å²) in [5.74, 6) is -1.61. The fraction of sp³-hybridized carbons (Fsp3) is 0.400. The van der Waals surface area contributed by atoms with Gasteiger partial charge in [0.25, 0.3) is 5.69 Å². The summed E-state index contributed by atoms with van der Waals surface area (Å²) in [7, 11) is 1.42. The van der Waals surface area contributed by atoms with Crippen molar-refractivity contribution in [2.75, 3.05) is 51.3 Å². The highest BCUT2D eigenvalue weighted by atomic mass is 19.1. The number of aromatic nitrogens is 2. The number of pyridine rings is 2. The van der Waals surface area contributed by atoms with Gasteiger partial charge in [0.15, 0.2) is 11.6 Å². The van der Waals surface area contributed by atoms with Gasteiger partial charge in [-0.25, -0.2) is 14.2 Å². The van der Waals surface area contributed by atoms with Crippen LogP contribution in [0.5, 0.6) is 11.6 Å². The normalized spacial score (nSPS) is 16.0. The number of halogens is 1. The van der Waals surface area contributed by atoms with Crippen molar-refractivity contribution in [1.82, 2.24) is 14.5 Å².